The lowest BCUT2D eigenvalue weighted by Crippen LogP contribution is -2.26. The van der Waals surface area contributed by atoms with Crippen LogP contribution in [0.1, 0.15) is 25.0 Å². The van der Waals surface area contributed by atoms with Crippen LogP contribution in [0.15, 0.2) is 48.8 Å². The number of para-hydroxylation sites is 2. The fraction of sp³-hybridized carbons (Fsp3) is 0.350. The zero-order valence-corrected chi connectivity index (χ0v) is 15.3. The van der Waals surface area contributed by atoms with Crippen molar-refractivity contribution < 1.29 is 9.47 Å². The van der Waals surface area contributed by atoms with Gasteiger partial charge < -0.3 is 19.2 Å². The molecule has 0 spiro atoms. The van der Waals surface area contributed by atoms with E-state index in [1.165, 1.54) is 6.42 Å². The Hall–Kier alpha value is -2.24. The average Bonchev–Trinajstić information content (AvgIpc) is 3.08. The zero-order valence-electron chi connectivity index (χ0n) is 14.5. The van der Waals surface area contributed by atoms with Gasteiger partial charge in [0.05, 0.1) is 29.1 Å². The Labute approximate surface area is 157 Å². The molecule has 26 heavy (non-hydrogen) atoms. The molecule has 5 nitrogen and oxygen atoms in total. The molecule has 0 aliphatic carbocycles. The predicted octanol–water partition coefficient (Wildman–Crippen LogP) is 4.55. The summed E-state index contributed by atoms with van der Waals surface area (Å²) in [6, 6.07) is 11.7. The van der Waals surface area contributed by atoms with Gasteiger partial charge in [0, 0.05) is 19.0 Å². The van der Waals surface area contributed by atoms with Crippen molar-refractivity contribution in [3.63, 3.8) is 0 Å². The van der Waals surface area contributed by atoms with E-state index in [-0.39, 0.29) is 6.10 Å². The molecule has 1 fully saturated rings. The Morgan fingerprint density at radius 3 is 3.00 bits per heavy atom. The molecule has 3 heterocycles. The van der Waals surface area contributed by atoms with Crippen LogP contribution in [0.5, 0.6) is 5.75 Å². The monoisotopic (exact) mass is 371 g/mol. The first-order valence-corrected chi connectivity index (χ1v) is 9.36. The summed E-state index contributed by atoms with van der Waals surface area (Å²) in [4.78, 5) is 4.60. The molecule has 1 aromatic carbocycles. The number of halogens is 1. The summed E-state index contributed by atoms with van der Waals surface area (Å²) < 4.78 is 13.7. The van der Waals surface area contributed by atoms with E-state index in [0.717, 1.165) is 42.2 Å². The number of imidazole rings is 1. The lowest BCUT2D eigenvalue weighted by atomic mass is 10.1. The molecule has 0 amide bonds. The third-order valence-corrected chi connectivity index (χ3v) is 4.73. The van der Waals surface area contributed by atoms with Crippen LogP contribution in [0.2, 0.25) is 5.02 Å². The van der Waals surface area contributed by atoms with Gasteiger partial charge in [0.25, 0.3) is 0 Å². The summed E-state index contributed by atoms with van der Waals surface area (Å²) in [6.07, 6.45) is 7.46. The Morgan fingerprint density at radius 1 is 1.19 bits per heavy atom. The van der Waals surface area contributed by atoms with Crippen LogP contribution in [0.3, 0.4) is 0 Å². The highest BCUT2D eigenvalue weighted by Crippen LogP contribution is 2.25. The summed E-state index contributed by atoms with van der Waals surface area (Å²) >= 11 is 6.03. The number of anilines is 1. The van der Waals surface area contributed by atoms with Gasteiger partial charge in [-0.3, -0.25) is 0 Å². The standard InChI is InChI=1S/C20H22ClN3O2/c21-15-8-9-20-23-16(13-24(20)12-15)11-22-18-6-1-2-7-19(18)26-14-17-5-3-4-10-25-17/h1-2,6-9,12-13,17,22H,3-5,10-11,14H2. The molecule has 1 aliphatic rings. The highest BCUT2D eigenvalue weighted by Gasteiger charge is 2.15. The number of pyridine rings is 1. The van der Waals surface area contributed by atoms with Crippen LogP contribution in [0.4, 0.5) is 5.69 Å². The second-order valence-electron chi connectivity index (χ2n) is 6.49. The van der Waals surface area contributed by atoms with Crippen molar-refractivity contribution in [3.05, 3.63) is 59.5 Å². The first kappa shape index (κ1) is 17.2. The highest BCUT2D eigenvalue weighted by molar-refractivity contribution is 6.30. The van der Waals surface area contributed by atoms with Gasteiger partial charge >= 0.3 is 0 Å². The number of benzene rings is 1. The van der Waals surface area contributed by atoms with Gasteiger partial charge in [-0.25, -0.2) is 4.98 Å². The van der Waals surface area contributed by atoms with Crippen molar-refractivity contribution in [2.45, 2.75) is 31.9 Å². The topological polar surface area (TPSA) is 47.8 Å². The fourth-order valence-electron chi connectivity index (χ4n) is 3.15. The van der Waals surface area contributed by atoms with Gasteiger partial charge in [-0.05, 0) is 43.5 Å². The first-order valence-electron chi connectivity index (χ1n) is 8.98. The summed E-state index contributed by atoms with van der Waals surface area (Å²) in [5, 5.41) is 4.11. The molecule has 136 valence electrons. The van der Waals surface area contributed by atoms with Crippen LogP contribution in [0, 0.1) is 0 Å². The van der Waals surface area contributed by atoms with Crippen molar-refractivity contribution >= 4 is 22.9 Å². The molecule has 0 bridgehead atoms. The van der Waals surface area contributed by atoms with E-state index in [4.69, 9.17) is 21.1 Å². The summed E-state index contributed by atoms with van der Waals surface area (Å²) in [7, 11) is 0. The van der Waals surface area contributed by atoms with Crippen LogP contribution >= 0.6 is 11.6 Å². The van der Waals surface area contributed by atoms with E-state index in [1.807, 2.05) is 53.2 Å². The van der Waals surface area contributed by atoms with E-state index < -0.39 is 0 Å². The maximum atomic E-state index is 6.03. The number of ether oxygens (including phenoxy) is 2. The molecule has 1 saturated heterocycles. The SMILES string of the molecule is Clc1ccc2nc(CNc3ccccc3OCC3CCCCO3)cn2c1. The largest absolute Gasteiger partial charge is 0.489 e. The summed E-state index contributed by atoms with van der Waals surface area (Å²) in [5.41, 5.74) is 2.78. The van der Waals surface area contributed by atoms with Crippen LogP contribution in [-0.2, 0) is 11.3 Å². The molecule has 1 N–H and O–H groups in total. The van der Waals surface area contributed by atoms with E-state index in [9.17, 15) is 0 Å². The van der Waals surface area contributed by atoms with Gasteiger partial charge in [0.2, 0.25) is 0 Å². The Kier molecular flexibility index (Phi) is 5.27. The molecule has 2 aromatic heterocycles. The van der Waals surface area contributed by atoms with Crippen molar-refractivity contribution in [1.29, 1.82) is 0 Å². The van der Waals surface area contributed by atoms with Crippen molar-refractivity contribution in [2.24, 2.45) is 0 Å². The zero-order chi connectivity index (χ0) is 17.8. The minimum Gasteiger partial charge on any atom is -0.489 e. The lowest BCUT2D eigenvalue weighted by molar-refractivity contribution is -0.0109. The Balaban J connectivity index is 1.40. The van der Waals surface area contributed by atoms with Crippen molar-refractivity contribution in [1.82, 2.24) is 9.38 Å². The van der Waals surface area contributed by atoms with Crippen LogP contribution in [-0.4, -0.2) is 28.7 Å². The summed E-state index contributed by atoms with van der Waals surface area (Å²) in [6.45, 7) is 2.04. The van der Waals surface area contributed by atoms with Gasteiger partial charge in [0.1, 0.15) is 18.0 Å². The molecular formula is C20H22ClN3O2. The molecule has 4 rings (SSSR count). The number of nitrogens with one attached hydrogen (secondary N) is 1. The van der Waals surface area contributed by atoms with E-state index in [1.54, 1.807) is 0 Å². The van der Waals surface area contributed by atoms with Crippen molar-refractivity contribution in [3.8, 4) is 5.75 Å². The van der Waals surface area contributed by atoms with E-state index >= 15 is 0 Å². The van der Waals surface area contributed by atoms with Gasteiger partial charge in [0.15, 0.2) is 0 Å². The van der Waals surface area contributed by atoms with Crippen LogP contribution in [0.25, 0.3) is 5.65 Å². The third kappa shape index (κ3) is 4.11. The number of hydrogen-bond acceptors (Lipinski definition) is 4. The summed E-state index contributed by atoms with van der Waals surface area (Å²) in [5.74, 6) is 0.841. The minimum absolute atomic E-state index is 0.194. The Morgan fingerprint density at radius 2 is 2.12 bits per heavy atom. The number of nitrogens with zero attached hydrogens (tertiary/aromatic N) is 2. The number of fused-ring (bicyclic) bond motifs is 1. The third-order valence-electron chi connectivity index (χ3n) is 4.51. The maximum Gasteiger partial charge on any atom is 0.142 e. The smallest absolute Gasteiger partial charge is 0.142 e. The molecule has 3 aromatic rings. The first-order chi connectivity index (χ1) is 12.8. The molecule has 0 saturated carbocycles. The normalized spacial score (nSPS) is 17.3. The number of aromatic nitrogens is 2. The Bertz CT molecular complexity index is 874. The maximum absolute atomic E-state index is 6.03. The molecule has 6 heteroatoms. The fourth-order valence-corrected chi connectivity index (χ4v) is 3.32. The van der Waals surface area contributed by atoms with Crippen molar-refractivity contribution in [2.75, 3.05) is 18.5 Å². The quantitative estimate of drug-likeness (QED) is 0.690. The molecular weight excluding hydrogens is 350 g/mol. The molecule has 1 unspecified atom stereocenters. The molecule has 1 atom stereocenters. The van der Waals surface area contributed by atoms with E-state index in [0.29, 0.717) is 18.2 Å². The van der Waals surface area contributed by atoms with Gasteiger partial charge in [-0.2, -0.15) is 0 Å². The van der Waals surface area contributed by atoms with Gasteiger partial charge in [-0.15, -0.1) is 0 Å². The van der Waals surface area contributed by atoms with E-state index in [2.05, 4.69) is 10.3 Å². The highest BCUT2D eigenvalue weighted by atomic mass is 35.5. The average molecular weight is 372 g/mol. The molecule has 1 aliphatic heterocycles. The molecule has 0 radical (unpaired) electrons. The second-order valence-corrected chi connectivity index (χ2v) is 6.93. The minimum atomic E-state index is 0.194. The predicted molar refractivity (Wildman–Crippen MR) is 103 cm³/mol. The van der Waals surface area contributed by atoms with Crippen LogP contribution < -0.4 is 10.1 Å². The number of rotatable bonds is 6. The number of hydrogen-bond donors (Lipinski definition) is 1. The second kappa shape index (κ2) is 7.98. The van der Waals surface area contributed by atoms with Gasteiger partial charge in [-0.1, -0.05) is 23.7 Å². The lowest BCUT2D eigenvalue weighted by Gasteiger charge is -2.23.